The van der Waals surface area contributed by atoms with Crippen LogP contribution in [0.15, 0.2) is 0 Å². The van der Waals surface area contributed by atoms with E-state index in [0.29, 0.717) is 26.2 Å². The van der Waals surface area contributed by atoms with E-state index in [1.165, 1.54) is 6.42 Å². The van der Waals surface area contributed by atoms with E-state index in [9.17, 15) is 9.59 Å². The summed E-state index contributed by atoms with van der Waals surface area (Å²) in [4.78, 5) is 22.8. The minimum absolute atomic E-state index is 0.0554. The minimum Gasteiger partial charge on any atom is -0.466 e. The van der Waals surface area contributed by atoms with Gasteiger partial charge in [0, 0.05) is 13.0 Å². The first-order chi connectivity index (χ1) is 13.2. The number of nitrogens with one attached hydrogen (secondary N) is 2. The lowest BCUT2D eigenvalue weighted by Crippen LogP contribution is -2.25. The Kier molecular flexibility index (Phi) is 20.0. The van der Waals surface area contributed by atoms with Gasteiger partial charge >= 0.3 is 12.1 Å². The van der Waals surface area contributed by atoms with Gasteiger partial charge in [-0.3, -0.25) is 4.79 Å². The molecule has 0 aromatic heterocycles. The summed E-state index contributed by atoms with van der Waals surface area (Å²) in [5.74, 6) is -0.0554. The zero-order valence-electron chi connectivity index (χ0n) is 17.7. The second-order valence-corrected chi connectivity index (χ2v) is 6.97. The highest BCUT2D eigenvalue weighted by Crippen LogP contribution is 2.02. The number of amides is 1. The Morgan fingerprint density at radius 3 is 1.85 bits per heavy atom. The van der Waals surface area contributed by atoms with E-state index in [2.05, 4.69) is 24.5 Å². The van der Waals surface area contributed by atoms with Gasteiger partial charge in [-0.15, -0.1) is 0 Å². The van der Waals surface area contributed by atoms with Crippen LogP contribution in [-0.2, 0) is 14.3 Å². The van der Waals surface area contributed by atoms with Crippen molar-refractivity contribution in [2.24, 2.45) is 0 Å². The third-order valence-electron chi connectivity index (χ3n) is 4.28. The number of carbonyl (C=O) groups is 2. The molecular weight excluding hydrogens is 344 g/mol. The lowest BCUT2D eigenvalue weighted by atomic mass is 10.2. The molecule has 6 nitrogen and oxygen atoms in total. The predicted octanol–water partition coefficient (Wildman–Crippen LogP) is 4.57. The van der Waals surface area contributed by atoms with Crippen LogP contribution in [0.3, 0.4) is 0 Å². The average molecular weight is 387 g/mol. The van der Waals surface area contributed by atoms with Crippen molar-refractivity contribution >= 4 is 12.1 Å². The topological polar surface area (TPSA) is 76.7 Å². The molecule has 0 fully saturated rings. The van der Waals surface area contributed by atoms with Crippen molar-refractivity contribution in [3.8, 4) is 0 Å². The van der Waals surface area contributed by atoms with Gasteiger partial charge in [-0.1, -0.05) is 46.0 Å². The molecule has 160 valence electrons. The Morgan fingerprint density at radius 2 is 1.22 bits per heavy atom. The van der Waals surface area contributed by atoms with E-state index < -0.39 is 0 Å². The van der Waals surface area contributed by atoms with Gasteiger partial charge in [0.05, 0.1) is 13.2 Å². The van der Waals surface area contributed by atoms with Crippen LogP contribution in [0.2, 0.25) is 0 Å². The summed E-state index contributed by atoms with van der Waals surface area (Å²) in [7, 11) is 0. The highest BCUT2D eigenvalue weighted by molar-refractivity contribution is 5.69. The maximum absolute atomic E-state index is 11.4. The van der Waals surface area contributed by atoms with E-state index in [-0.39, 0.29) is 12.1 Å². The molecule has 0 aliphatic carbocycles. The van der Waals surface area contributed by atoms with Gasteiger partial charge in [-0.25, -0.2) is 4.79 Å². The summed E-state index contributed by atoms with van der Waals surface area (Å²) in [6.45, 7) is 7.98. The van der Waals surface area contributed by atoms with Crippen molar-refractivity contribution in [1.29, 1.82) is 0 Å². The second kappa shape index (κ2) is 21.0. The Hall–Kier alpha value is -1.30. The number of ether oxygens (including phenoxy) is 2. The smallest absolute Gasteiger partial charge is 0.407 e. The summed E-state index contributed by atoms with van der Waals surface area (Å²) >= 11 is 0. The van der Waals surface area contributed by atoms with Gasteiger partial charge in [-0.05, 0) is 51.6 Å². The summed E-state index contributed by atoms with van der Waals surface area (Å²) < 4.78 is 10.2. The number of carbonyl (C=O) groups excluding carboxylic acids is 2. The first kappa shape index (κ1) is 25.7. The third-order valence-corrected chi connectivity index (χ3v) is 4.28. The molecule has 0 aliphatic heterocycles. The molecule has 0 rings (SSSR count). The van der Waals surface area contributed by atoms with Crippen LogP contribution >= 0.6 is 0 Å². The minimum atomic E-state index is -0.292. The number of hydrogen-bond donors (Lipinski definition) is 2. The van der Waals surface area contributed by atoms with Crippen molar-refractivity contribution in [2.75, 3.05) is 32.8 Å². The highest BCUT2D eigenvalue weighted by atomic mass is 16.5. The first-order valence-electron chi connectivity index (χ1n) is 11.0. The zero-order valence-corrected chi connectivity index (χ0v) is 17.7. The maximum atomic E-state index is 11.4. The Bertz CT molecular complexity index is 319. The van der Waals surface area contributed by atoms with Crippen LogP contribution in [0.4, 0.5) is 4.79 Å². The van der Waals surface area contributed by atoms with E-state index in [0.717, 1.165) is 77.3 Å². The van der Waals surface area contributed by atoms with Gasteiger partial charge in [0.1, 0.15) is 0 Å². The SMILES string of the molecule is CCCCOC(=O)CCCCCNCCCCCCNC(=O)OCCCC. The quantitative estimate of drug-likeness (QED) is 0.251. The Morgan fingerprint density at radius 1 is 0.667 bits per heavy atom. The van der Waals surface area contributed by atoms with E-state index in [1.54, 1.807) is 0 Å². The van der Waals surface area contributed by atoms with Crippen molar-refractivity contribution in [3.63, 3.8) is 0 Å². The lowest BCUT2D eigenvalue weighted by Gasteiger charge is -2.07. The summed E-state index contributed by atoms with van der Waals surface area (Å²) in [5.41, 5.74) is 0. The van der Waals surface area contributed by atoms with Crippen molar-refractivity contribution < 1.29 is 19.1 Å². The monoisotopic (exact) mass is 386 g/mol. The first-order valence-corrected chi connectivity index (χ1v) is 11.0. The fourth-order valence-corrected chi connectivity index (χ4v) is 2.50. The molecule has 0 aromatic rings. The van der Waals surface area contributed by atoms with Crippen LogP contribution in [-0.4, -0.2) is 44.9 Å². The molecule has 0 unspecified atom stereocenters. The molecule has 0 bridgehead atoms. The molecule has 0 spiro atoms. The number of esters is 1. The average Bonchev–Trinajstić information content (AvgIpc) is 2.66. The normalized spacial score (nSPS) is 10.6. The highest BCUT2D eigenvalue weighted by Gasteiger charge is 2.02. The van der Waals surface area contributed by atoms with E-state index in [4.69, 9.17) is 9.47 Å². The summed E-state index contributed by atoms with van der Waals surface area (Å²) in [6.07, 6.45) is 11.8. The molecule has 0 aliphatic rings. The maximum Gasteiger partial charge on any atom is 0.407 e. The fourth-order valence-electron chi connectivity index (χ4n) is 2.50. The molecule has 1 amide bonds. The molecule has 0 saturated heterocycles. The Labute approximate surface area is 166 Å². The van der Waals surface area contributed by atoms with Crippen LogP contribution < -0.4 is 10.6 Å². The Balaban J connectivity index is 3.16. The van der Waals surface area contributed by atoms with E-state index >= 15 is 0 Å². The van der Waals surface area contributed by atoms with Crippen molar-refractivity contribution in [1.82, 2.24) is 10.6 Å². The van der Waals surface area contributed by atoms with Crippen LogP contribution in [0, 0.1) is 0 Å². The zero-order chi connectivity index (χ0) is 20.0. The van der Waals surface area contributed by atoms with Gasteiger partial charge in [0.2, 0.25) is 0 Å². The van der Waals surface area contributed by atoms with Crippen LogP contribution in [0.25, 0.3) is 0 Å². The second-order valence-electron chi connectivity index (χ2n) is 6.97. The molecule has 0 heterocycles. The molecule has 0 atom stereocenters. The summed E-state index contributed by atoms with van der Waals surface area (Å²) in [6, 6.07) is 0. The molecule has 2 N–H and O–H groups in total. The molecular formula is C21H42N2O4. The fraction of sp³-hybridized carbons (Fsp3) is 0.905. The van der Waals surface area contributed by atoms with Gasteiger partial charge in [0.15, 0.2) is 0 Å². The van der Waals surface area contributed by atoms with Gasteiger partial charge in [-0.2, -0.15) is 0 Å². The third kappa shape index (κ3) is 20.9. The molecule has 6 heteroatoms. The van der Waals surface area contributed by atoms with Gasteiger partial charge < -0.3 is 20.1 Å². The van der Waals surface area contributed by atoms with Crippen LogP contribution in [0.5, 0.6) is 0 Å². The standard InChI is InChI=1S/C21H42N2O4/c1-3-5-18-26-20(24)14-10-9-12-16-22-15-11-7-8-13-17-23-21(25)27-19-6-4-2/h22H,3-19H2,1-2H3,(H,23,25). The number of alkyl carbamates (subject to hydrolysis) is 1. The molecule has 0 radical (unpaired) electrons. The van der Waals surface area contributed by atoms with Crippen LogP contribution in [0.1, 0.15) is 90.9 Å². The molecule has 0 saturated carbocycles. The van der Waals surface area contributed by atoms with Crippen molar-refractivity contribution in [3.05, 3.63) is 0 Å². The van der Waals surface area contributed by atoms with E-state index in [1.807, 2.05) is 0 Å². The molecule has 27 heavy (non-hydrogen) atoms. The number of unbranched alkanes of at least 4 members (excludes halogenated alkanes) is 7. The largest absolute Gasteiger partial charge is 0.466 e. The predicted molar refractivity (Wildman–Crippen MR) is 110 cm³/mol. The molecule has 0 aromatic carbocycles. The number of rotatable bonds is 19. The van der Waals surface area contributed by atoms with Gasteiger partial charge in [0.25, 0.3) is 0 Å². The van der Waals surface area contributed by atoms with Crippen molar-refractivity contribution in [2.45, 2.75) is 90.9 Å². The lowest BCUT2D eigenvalue weighted by molar-refractivity contribution is -0.143. The number of hydrogen-bond acceptors (Lipinski definition) is 5. The summed E-state index contributed by atoms with van der Waals surface area (Å²) in [5, 5.41) is 6.23.